The largest absolute Gasteiger partial charge is 0.450 e. The second-order valence-corrected chi connectivity index (χ2v) is 9.95. The van der Waals surface area contributed by atoms with Crippen molar-refractivity contribution >= 4 is 12.0 Å². The highest BCUT2D eigenvalue weighted by atomic mass is 16.6. The summed E-state index contributed by atoms with van der Waals surface area (Å²) in [5, 5.41) is 3.29. The van der Waals surface area contributed by atoms with Crippen molar-refractivity contribution in [3.8, 4) is 0 Å². The zero-order valence-corrected chi connectivity index (χ0v) is 18.6. The Kier molecular flexibility index (Phi) is 5.67. The van der Waals surface area contributed by atoms with Gasteiger partial charge in [-0.3, -0.25) is 9.69 Å². The number of carbonyl (C=O) groups excluding carboxylic acids is 2. The Labute approximate surface area is 185 Å². The number of likely N-dealkylation sites (tertiary alicyclic amines) is 2. The van der Waals surface area contributed by atoms with Crippen molar-refractivity contribution < 1.29 is 14.3 Å². The fourth-order valence-corrected chi connectivity index (χ4v) is 6.12. The Morgan fingerprint density at radius 2 is 1.71 bits per heavy atom. The molecule has 1 aromatic carbocycles. The summed E-state index contributed by atoms with van der Waals surface area (Å²) in [7, 11) is 0. The van der Waals surface area contributed by atoms with E-state index in [0.717, 1.165) is 45.2 Å². The first-order valence-corrected chi connectivity index (χ1v) is 12.1. The Bertz CT molecular complexity index is 800. The van der Waals surface area contributed by atoms with Crippen molar-refractivity contribution in [3.05, 3.63) is 35.4 Å². The molecular formula is C25H35N3O3. The molecule has 2 saturated heterocycles. The predicted molar refractivity (Wildman–Crippen MR) is 119 cm³/mol. The van der Waals surface area contributed by atoms with E-state index in [-0.39, 0.29) is 29.4 Å². The lowest BCUT2D eigenvalue weighted by Gasteiger charge is -2.37. The van der Waals surface area contributed by atoms with Crippen molar-refractivity contribution in [2.45, 2.75) is 64.0 Å². The minimum absolute atomic E-state index is 0.188. The number of piperidine rings is 2. The fraction of sp³-hybridized carbons (Fsp3) is 0.680. The van der Waals surface area contributed by atoms with Crippen LogP contribution in [0.5, 0.6) is 0 Å². The first-order chi connectivity index (χ1) is 15.1. The van der Waals surface area contributed by atoms with Gasteiger partial charge in [0, 0.05) is 31.1 Å². The number of hydrogen-bond acceptors (Lipinski definition) is 4. The van der Waals surface area contributed by atoms with Gasteiger partial charge in [-0.15, -0.1) is 0 Å². The smallest absolute Gasteiger partial charge is 0.409 e. The van der Waals surface area contributed by atoms with Crippen LogP contribution in [0.25, 0.3) is 0 Å². The second-order valence-electron chi connectivity index (χ2n) is 9.95. The van der Waals surface area contributed by atoms with Crippen LogP contribution in [0.2, 0.25) is 0 Å². The van der Waals surface area contributed by atoms with Gasteiger partial charge >= 0.3 is 6.09 Å². The van der Waals surface area contributed by atoms with Gasteiger partial charge in [-0.05, 0) is 81.5 Å². The summed E-state index contributed by atoms with van der Waals surface area (Å²) in [6.07, 6.45) is 7.12. The Hall–Kier alpha value is -2.08. The van der Waals surface area contributed by atoms with Crippen LogP contribution in [0.1, 0.15) is 50.2 Å². The zero-order valence-electron chi connectivity index (χ0n) is 18.6. The average Bonchev–Trinajstić information content (AvgIpc) is 3.30. The predicted octanol–water partition coefficient (Wildman–Crippen LogP) is 2.99. The Morgan fingerprint density at radius 1 is 1.06 bits per heavy atom. The van der Waals surface area contributed by atoms with Crippen LogP contribution in [0.15, 0.2) is 24.3 Å². The van der Waals surface area contributed by atoms with E-state index in [1.165, 1.54) is 24.0 Å². The van der Waals surface area contributed by atoms with Crippen LogP contribution in [-0.4, -0.2) is 66.7 Å². The summed E-state index contributed by atoms with van der Waals surface area (Å²) < 4.78 is 5.08. The van der Waals surface area contributed by atoms with Crippen molar-refractivity contribution in [2.75, 3.05) is 32.8 Å². The molecule has 1 atom stereocenters. The molecule has 5 rings (SSSR count). The molecule has 0 radical (unpaired) electrons. The molecule has 1 aromatic rings. The number of nitrogens with one attached hydrogen (secondary N) is 1. The van der Waals surface area contributed by atoms with Crippen molar-refractivity contribution in [1.82, 2.24) is 15.1 Å². The summed E-state index contributed by atoms with van der Waals surface area (Å²) in [6.45, 7) is 5.81. The summed E-state index contributed by atoms with van der Waals surface area (Å²) in [4.78, 5) is 29.2. The van der Waals surface area contributed by atoms with Crippen molar-refractivity contribution in [2.24, 2.45) is 11.3 Å². The lowest BCUT2D eigenvalue weighted by atomic mass is 9.89. The quantitative estimate of drug-likeness (QED) is 0.806. The first-order valence-electron chi connectivity index (χ1n) is 12.1. The maximum atomic E-state index is 12.9. The number of carbonyl (C=O) groups is 2. The van der Waals surface area contributed by atoms with Crippen LogP contribution < -0.4 is 5.32 Å². The van der Waals surface area contributed by atoms with Crippen LogP contribution in [-0.2, 0) is 22.4 Å². The number of ether oxygens (including phenoxy) is 1. The molecule has 2 heterocycles. The maximum absolute atomic E-state index is 12.9. The standard InChI is InChI=1S/C25H35N3O3/c1-2-31-24(30)28-11-7-20(8-12-28)26-23(29)22-17-25(22)9-13-27(14-10-25)21-15-18-5-3-4-6-19(18)16-21/h3-6,20-22H,2,7-17H2,1H3,(H,26,29). The second kappa shape index (κ2) is 8.45. The number of benzene rings is 1. The lowest BCUT2D eigenvalue weighted by Crippen LogP contribution is -2.48. The lowest BCUT2D eigenvalue weighted by molar-refractivity contribution is -0.124. The van der Waals surface area contributed by atoms with E-state index >= 15 is 0 Å². The molecule has 0 aromatic heterocycles. The van der Waals surface area contributed by atoms with Crippen LogP contribution in [0, 0.1) is 11.3 Å². The third-order valence-corrected chi connectivity index (χ3v) is 8.21. The Morgan fingerprint density at radius 3 is 2.32 bits per heavy atom. The van der Waals surface area contributed by atoms with E-state index in [4.69, 9.17) is 4.74 Å². The van der Waals surface area contributed by atoms with Gasteiger partial charge in [0.25, 0.3) is 0 Å². The molecule has 1 unspecified atom stereocenters. The summed E-state index contributed by atoms with van der Waals surface area (Å²) in [5.74, 6) is 0.440. The first kappa shape index (κ1) is 20.8. The molecule has 4 aliphatic rings. The van der Waals surface area contributed by atoms with Gasteiger partial charge < -0.3 is 15.0 Å². The minimum Gasteiger partial charge on any atom is -0.450 e. The molecule has 6 heteroatoms. The number of nitrogens with zero attached hydrogens (tertiary/aromatic N) is 2. The van der Waals surface area contributed by atoms with E-state index in [1.54, 1.807) is 4.90 Å². The van der Waals surface area contributed by atoms with Gasteiger partial charge in [0.2, 0.25) is 5.91 Å². The molecule has 2 aliphatic carbocycles. The Balaban J connectivity index is 1.06. The summed E-state index contributed by atoms with van der Waals surface area (Å²) >= 11 is 0. The topological polar surface area (TPSA) is 61.9 Å². The van der Waals surface area contributed by atoms with E-state index in [9.17, 15) is 9.59 Å². The molecule has 1 spiro atoms. The minimum atomic E-state index is -0.231. The van der Waals surface area contributed by atoms with Gasteiger partial charge in [-0.25, -0.2) is 4.79 Å². The van der Waals surface area contributed by atoms with Gasteiger partial charge in [-0.1, -0.05) is 24.3 Å². The molecule has 168 valence electrons. The van der Waals surface area contributed by atoms with Gasteiger partial charge in [0.05, 0.1) is 6.61 Å². The zero-order chi connectivity index (χ0) is 21.4. The SMILES string of the molecule is CCOC(=O)N1CCC(NC(=O)C2CC23CCN(C2Cc4ccccc4C2)CC3)CC1. The molecule has 1 saturated carbocycles. The fourth-order valence-electron chi connectivity index (χ4n) is 6.12. The molecule has 31 heavy (non-hydrogen) atoms. The number of rotatable bonds is 4. The molecule has 6 nitrogen and oxygen atoms in total. The summed E-state index contributed by atoms with van der Waals surface area (Å²) in [5.41, 5.74) is 3.29. The van der Waals surface area contributed by atoms with Gasteiger partial charge in [0.15, 0.2) is 0 Å². The number of hydrogen-bond donors (Lipinski definition) is 1. The molecule has 2 amide bonds. The van der Waals surface area contributed by atoms with E-state index in [0.29, 0.717) is 25.7 Å². The summed E-state index contributed by atoms with van der Waals surface area (Å²) in [6, 6.07) is 9.69. The van der Waals surface area contributed by atoms with E-state index < -0.39 is 0 Å². The highest BCUT2D eigenvalue weighted by Crippen LogP contribution is 2.59. The van der Waals surface area contributed by atoms with Gasteiger partial charge in [0.1, 0.15) is 0 Å². The maximum Gasteiger partial charge on any atom is 0.409 e. The average molecular weight is 426 g/mol. The monoisotopic (exact) mass is 425 g/mol. The van der Waals surface area contributed by atoms with Crippen LogP contribution >= 0.6 is 0 Å². The normalized spacial score (nSPS) is 26.0. The third kappa shape index (κ3) is 4.19. The highest BCUT2D eigenvalue weighted by Gasteiger charge is 2.58. The molecule has 1 N–H and O–H groups in total. The number of amides is 2. The van der Waals surface area contributed by atoms with Crippen molar-refractivity contribution in [1.29, 1.82) is 0 Å². The highest BCUT2D eigenvalue weighted by molar-refractivity contribution is 5.83. The van der Waals surface area contributed by atoms with Crippen LogP contribution in [0.4, 0.5) is 4.79 Å². The molecular weight excluding hydrogens is 390 g/mol. The molecule has 3 fully saturated rings. The number of fused-ring (bicyclic) bond motifs is 1. The third-order valence-electron chi connectivity index (χ3n) is 8.21. The van der Waals surface area contributed by atoms with Crippen molar-refractivity contribution in [3.63, 3.8) is 0 Å². The van der Waals surface area contributed by atoms with E-state index in [1.807, 2.05) is 6.92 Å². The van der Waals surface area contributed by atoms with Gasteiger partial charge in [-0.2, -0.15) is 0 Å². The van der Waals surface area contributed by atoms with Crippen LogP contribution in [0.3, 0.4) is 0 Å². The van der Waals surface area contributed by atoms with E-state index in [2.05, 4.69) is 34.5 Å². The molecule has 2 aliphatic heterocycles. The molecule has 0 bridgehead atoms.